The van der Waals surface area contributed by atoms with E-state index in [-0.39, 0.29) is 23.6 Å². The van der Waals surface area contributed by atoms with E-state index in [4.69, 9.17) is 14.2 Å². The predicted molar refractivity (Wildman–Crippen MR) is 133 cm³/mol. The fraction of sp³-hybridized carbons (Fsp3) is 0.444. The smallest absolute Gasteiger partial charge is 0.253 e. The predicted octanol–water partition coefficient (Wildman–Crippen LogP) is 2.21. The van der Waals surface area contributed by atoms with Crippen LogP contribution in [0.2, 0.25) is 0 Å². The summed E-state index contributed by atoms with van der Waals surface area (Å²) in [5, 5.41) is 3.00. The highest BCUT2D eigenvalue weighted by molar-refractivity contribution is 5.98. The van der Waals surface area contributed by atoms with Crippen LogP contribution in [0.3, 0.4) is 0 Å². The molecule has 9 heteroatoms. The number of hydrogen-bond acceptors (Lipinski definition) is 6. The fourth-order valence-electron chi connectivity index (χ4n) is 4.70. The van der Waals surface area contributed by atoms with Crippen molar-refractivity contribution in [2.24, 2.45) is 5.92 Å². The Labute approximate surface area is 211 Å². The van der Waals surface area contributed by atoms with Crippen molar-refractivity contribution in [2.45, 2.75) is 18.9 Å². The summed E-state index contributed by atoms with van der Waals surface area (Å²) in [6.45, 7) is 2.99. The third-order valence-corrected chi connectivity index (χ3v) is 6.84. The summed E-state index contributed by atoms with van der Waals surface area (Å²) < 4.78 is 15.8. The first-order valence-corrected chi connectivity index (χ1v) is 12.2. The molecule has 3 amide bonds. The summed E-state index contributed by atoms with van der Waals surface area (Å²) in [5.74, 6) is 0.708. The molecule has 0 radical (unpaired) electrons. The fourth-order valence-corrected chi connectivity index (χ4v) is 4.70. The minimum atomic E-state index is -0.681. The number of carbonyl (C=O) groups excluding carboxylic acids is 3. The number of nitrogens with zero attached hydrogens (tertiary/aromatic N) is 2. The van der Waals surface area contributed by atoms with Crippen molar-refractivity contribution < 1.29 is 28.6 Å². The zero-order chi connectivity index (χ0) is 25.5. The van der Waals surface area contributed by atoms with E-state index >= 15 is 0 Å². The Balaban J connectivity index is 1.46. The molecule has 1 unspecified atom stereocenters. The lowest BCUT2D eigenvalue weighted by Crippen LogP contribution is -2.56. The van der Waals surface area contributed by atoms with Gasteiger partial charge in [0.25, 0.3) is 11.8 Å². The lowest BCUT2D eigenvalue weighted by Gasteiger charge is -2.38. The van der Waals surface area contributed by atoms with Gasteiger partial charge in [0.15, 0.2) is 0 Å². The van der Waals surface area contributed by atoms with Crippen molar-refractivity contribution in [1.82, 2.24) is 15.1 Å². The van der Waals surface area contributed by atoms with E-state index in [0.717, 1.165) is 0 Å². The van der Waals surface area contributed by atoms with Crippen LogP contribution in [0.25, 0.3) is 0 Å². The van der Waals surface area contributed by atoms with E-state index in [1.165, 1.54) is 0 Å². The molecule has 0 bridgehead atoms. The van der Waals surface area contributed by atoms with E-state index in [1.807, 2.05) is 0 Å². The summed E-state index contributed by atoms with van der Waals surface area (Å²) in [6, 6.07) is 13.2. The summed E-state index contributed by atoms with van der Waals surface area (Å²) in [4.78, 5) is 43.2. The molecule has 2 saturated heterocycles. The second-order valence-electron chi connectivity index (χ2n) is 8.98. The average molecular weight is 496 g/mol. The molecule has 1 atom stereocenters. The van der Waals surface area contributed by atoms with Gasteiger partial charge < -0.3 is 29.3 Å². The molecule has 2 aliphatic heterocycles. The number of ether oxygens (including phenoxy) is 3. The summed E-state index contributed by atoms with van der Waals surface area (Å²) in [6.07, 6.45) is 1.22. The van der Waals surface area contributed by atoms with Crippen LogP contribution in [0.4, 0.5) is 0 Å². The van der Waals surface area contributed by atoms with E-state index in [2.05, 4.69) is 5.32 Å². The highest BCUT2D eigenvalue weighted by atomic mass is 16.5. The van der Waals surface area contributed by atoms with Gasteiger partial charge in [-0.25, -0.2) is 0 Å². The molecule has 2 fully saturated rings. The normalized spacial score (nSPS) is 17.3. The Hall–Kier alpha value is -3.59. The number of rotatable bonds is 7. The van der Waals surface area contributed by atoms with Crippen LogP contribution in [0, 0.1) is 5.92 Å². The van der Waals surface area contributed by atoms with Crippen molar-refractivity contribution in [3.05, 3.63) is 59.7 Å². The van der Waals surface area contributed by atoms with Crippen LogP contribution in [-0.4, -0.2) is 87.2 Å². The number of carbonyl (C=O) groups is 3. The maximum absolute atomic E-state index is 13.5. The van der Waals surface area contributed by atoms with Crippen LogP contribution in [0.1, 0.15) is 33.6 Å². The lowest BCUT2D eigenvalue weighted by atomic mass is 9.87. The number of amides is 3. The topological polar surface area (TPSA) is 97.4 Å². The summed E-state index contributed by atoms with van der Waals surface area (Å²) >= 11 is 0. The molecule has 1 N–H and O–H groups in total. The van der Waals surface area contributed by atoms with Gasteiger partial charge in [0, 0.05) is 37.3 Å². The molecule has 0 spiro atoms. The monoisotopic (exact) mass is 495 g/mol. The number of piperidine rings is 1. The standard InChI is InChI=1S/C27H33N3O6/c1-34-22-8-6-20(7-9-22)26(32)29-12-10-19(11-13-29)24(27(33)30-14-16-36-17-15-30)28-25(31)21-4-3-5-23(18-21)35-2/h3-9,18-19,24H,10-17H2,1-2H3,(H,28,31). The Morgan fingerprint density at radius 3 is 2.17 bits per heavy atom. The summed E-state index contributed by atoms with van der Waals surface area (Å²) in [7, 11) is 3.13. The number of benzene rings is 2. The van der Waals surface area contributed by atoms with Crippen molar-refractivity contribution >= 4 is 17.7 Å². The Morgan fingerprint density at radius 1 is 0.861 bits per heavy atom. The molecule has 2 aliphatic rings. The van der Waals surface area contributed by atoms with Gasteiger partial charge in [0.05, 0.1) is 27.4 Å². The van der Waals surface area contributed by atoms with Crippen molar-refractivity contribution in [2.75, 3.05) is 53.6 Å². The first-order chi connectivity index (χ1) is 17.5. The van der Waals surface area contributed by atoms with Crippen molar-refractivity contribution in [3.8, 4) is 11.5 Å². The van der Waals surface area contributed by atoms with Crippen LogP contribution < -0.4 is 14.8 Å². The summed E-state index contributed by atoms with van der Waals surface area (Å²) in [5.41, 5.74) is 1.03. The molecular formula is C27H33N3O6. The first-order valence-electron chi connectivity index (χ1n) is 12.2. The van der Waals surface area contributed by atoms with E-state index < -0.39 is 6.04 Å². The highest BCUT2D eigenvalue weighted by Crippen LogP contribution is 2.25. The molecular weight excluding hydrogens is 462 g/mol. The van der Waals surface area contributed by atoms with Gasteiger partial charge >= 0.3 is 0 Å². The Bertz CT molecular complexity index is 1060. The molecule has 0 aromatic heterocycles. The zero-order valence-electron chi connectivity index (χ0n) is 20.8. The third-order valence-electron chi connectivity index (χ3n) is 6.84. The Kier molecular flexibility index (Phi) is 8.43. The quantitative estimate of drug-likeness (QED) is 0.633. The minimum absolute atomic E-state index is 0.0485. The number of morpholine rings is 1. The lowest BCUT2D eigenvalue weighted by molar-refractivity contribution is -0.139. The minimum Gasteiger partial charge on any atom is -0.497 e. The maximum Gasteiger partial charge on any atom is 0.253 e. The average Bonchev–Trinajstić information content (AvgIpc) is 2.95. The van der Waals surface area contributed by atoms with Gasteiger partial charge in [-0.1, -0.05) is 6.07 Å². The van der Waals surface area contributed by atoms with Crippen LogP contribution in [-0.2, 0) is 9.53 Å². The number of hydrogen-bond donors (Lipinski definition) is 1. The van der Waals surface area contributed by atoms with E-state index in [1.54, 1.807) is 72.6 Å². The van der Waals surface area contributed by atoms with Crippen LogP contribution >= 0.6 is 0 Å². The largest absolute Gasteiger partial charge is 0.497 e. The highest BCUT2D eigenvalue weighted by Gasteiger charge is 2.36. The van der Waals surface area contributed by atoms with Crippen molar-refractivity contribution in [1.29, 1.82) is 0 Å². The van der Waals surface area contributed by atoms with Gasteiger partial charge in [-0.05, 0) is 61.2 Å². The third kappa shape index (κ3) is 5.96. The van der Waals surface area contributed by atoms with Gasteiger partial charge in [0.1, 0.15) is 17.5 Å². The molecule has 0 aliphatic carbocycles. The second-order valence-corrected chi connectivity index (χ2v) is 8.98. The number of likely N-dealkylation sites (tertiary alicyclic amines) is 1. The number of nitrogens with one attached hydrogen (secondary N) is 1. The van der Waals surface area contributed by atoms with Crippen LogP contribution in [0.5, 0.6) is 11.5 Å². The molecule has 9 nitrogen and oxygen atoms in total. The van der Waals surface area contributed by atoms with E-state index in [0.29, 0.717) is 74.9 Å². The van der Waals surface area contributed by atoms with Gasteiger partial charge in [-0.3, -0.25) is 14.4 Å². The van der Waals surface area contributed by atoms with Crippen molar-refractivity contribution in [3.63, 3.8) is 0 Å². The van der Waals surface area contributed by atoms with E-state index in [9.17, 15) is 14.4 Å². The molecule has 4 rings (SSSR count). The molecule has 0 saturated carbocycles. The van der Waals surface area contributed by atoms with Crippen LogP contribution in [0.15, 0.2) is 48.5 Å². The van der Waals surface area contributed by atoms with Gasteiger partial charge in [0.2, 0.25) is 5.91 Å². The van der Waals surface area contributed by atoms with Gasteiger partial charge in [-0.2, -0.15) is 0 Å². The zero-order valence-corrected chi connectivity index (χ0v) is 20.8. The SMILES string of the molecule is COc1ccc(C(=O)N2CCC(C(NC(=O)c3cccc(OC)c3)C(=O)N3CCOCC3)CC2)cc1. The maximum atomic E-state index is 13.5. The molecule has 2 heterocycles. The second kappa shape index (κ2) is 11.9. The Morgan fingerprint density at radius 2 is 1.53 bits per heavy atom. The van der Waals surface area contributed by atoms with Gasteiger partial charge in [-0.15, -0.1) is 0 Å². The molecule has 36 heavy (non-hydrogen) atoms. The number of methoxy groups -OCH3 is 2. The first kappa shape index (κ1) is 25.5. The molecule has 192 valence electrons. The molecule has 2 aromatic carbocycles. The molecule has 2 aromatic rings.